The van der Waals surface area contributed by atoms with Gasteiger partial charge in [0.05, 0.1) is 30.3 Å². The molecule has 5 rings (SSSR count). The number of benzene rings is 1. The molecule has 1 aromatic carbocycles. The maximum absolute atomic E-state index is 13.7. The summed E-state index contributed by atoms with van der Waals surface area (Å²) in [5, 5.41) is 14.1. The third-order valence-electron chi connectivity index (χ3n) is 9.37. The summed E-state index contributed by atoms with van der Waals surface area (Å²) in [6.45, 7) is 2.69. The molecule has 2 aliphatic carbocycles. The molecule has 0 aromatic heterocycles. The van der Waals surface area contributed by atoms with Gasteiger partial charge in [0.1, 0.15) is 0 Å². The molecular formula is C28H42N4O4. The van der Waals surface area contributed by atoms with Gasteiger partial charge in [-0.3, -0.25) is 9.69 Å². The first-order valence-electron chi connectivity index (χ1n) is 13.6. The Labute approximate surface area is 214 Å². The lowest BCUT2D eigenvalue weighted by molar-refractivity contribution is -0.122. The van der Waals surface area contributed by atoms with Crippen molar-refractivity contribution in [2.24, 2.45) is 0 Å². The van der Waals surface area contributed by atoms with E-state index in [1.807, 2.05) is 9.80 Å². The summed E-state index contributed by atoms with van der Waals surface area (Å²) in [6.07, 6.45) is 7.31. The highest BCUT2D eigenvalue weighted by Crippen LogP contribution is 2.50. The van der Waals surface area contributed by atoms with Crippen molar-refractivity contribution in [3.05, 3.63) is 35.9 Å². The van der Waals surface area contributed by atoms with E-state index >= 15 is 0 Å². The molecule has 4 aliphatic rings. The lowest BCUT2D eigenvalue weighted by atomic mass is 9.67. The monoisotopic (exact) mass is 498 g/mol. The minimum Gasteiger partial charge on any atom is -0.388 e. The lowest BCUT2D eigenvalue weighted by Crippen LogP contribution is -2.59. The van der Waals surface area contributed by atoms with Gasteiger partial charge in [-0.15, -0.1) is 0 Å². The van der Waals surface area contributed by atoms with E-state index in [2.05, 4.69) is 54.6 Å². The highest BCUT2D eigenvalue weighted by molar-refractivity contribution is 5.80. The predicted octanol–water partition coefficient (Wildman–Crippen LogP) is 2.70. The molecule has 8 heteroatoms. The van der Waals surface area contributed by atoms with Crippen molar-refractivity contribution in [2.75, 3.05) is 46.9 Å². The van der Waals surface area contributed by atoms with Crippen LogP contribution in [0.1, 0.15) is 63.4 Å². The first-order chi connectivity index (χ1) is 17.3. The molecule has 0 radical (unpaired) electrons. The van der Waals surface area contributed by atoms with Crippen LogP contribution < -0.4 is 5.32 Å². The number of rotatable bonds is 8. The first kappa shape index (κ1) is 25.5. The average Bonchev–Trinajstić information content (AvgIpc) is 3.45. The predicted molar refractivity (Wildman–Crippen MR) is 137 cm³/mol. The molecule has 2 saturated heterocycles. The topological polar surface area (TPSA) is 85.4 Å². The van der Waals surface area contributed by atoms with Crippen LogP contribution >= 0.6 is 0 Å². The highest BCUT2D eigenvalue weighted by Gasteiger charge is 2.56. The Kier molecular flexibility index (Phi) is 7.05. The van der Waals surface area contributed by atoms with Gasteiger partial charge in [0.2, 0.25) is 5.91 Å². The number of carbonyl (C=O) groups excluding carboxylic acids is 2. The molecular weight excluding hydrogens is 456 g/mol. The van der Waals surface area contributed by atoms with Crippen LogP contribution in [-0.2, 0) is 15.1 Å². The number of hydrogen-bond donors (Lipinski definition) is 2. The normalized spacial score (nSPS) is 31.8. The molecule has 1 unspecified atom stereocenters. The third-order valence-corrected chi connectivity index (χ3v) is 9.37. The average molecular weight is 499 g/mol. The number of amides is 3. The summed E-state index contributed by atoms with van der Waals surface area (Å²) >= 11 is 0. The van der Waals surface area contributed by atoms with Crippen molar-refractivity contribution in [3.8, 4) is 0 Å². The van der Waals surface area contributed by atoms with Gasteiger partial charge >= 0.3 is 6.03 Å². The fraction of sp³-hybridized carbons (Fsp3) is 0.714. The fourth-order valence-corrected chi connectivity index (χ4v) is 6.81. The molecule has 2 saturated carbocycles. The van der Waals surface area contributed by atoms with Crippen molar-refractivity contribution < 1.29 is 19.4 Å². The van der Waals surface area contributed by atoms with Crippen LogP contribution in [0.4, 0.5) is 4.79 Å². The van der Waals surface area contributed by atoms with Crippen molar-refractivity contribution in [3.63, 3.8) is 0 Å². The second-order valence-electron chi connectivity index (χ2n) is 11.8. The Balaban J connectivity index is 1.31. The van der Waals surface area contributed by atoms with E-state index in [-0.39, 0.29) is 29.1 Å². The van der Waals surface area contributed by atoms with Crippen LogP contribution in [0.5, 0.6) is 0 Å². The second kappa shape index (κ2) is 9.95. The molecule has 36 heavy (non-hydrogen) atoms. The Morgan fingerprint density at radius 3 is 2.44 bits per heavy atom. The van der Waals surface area contributed by atoms with Crippen molar-refractivity contribution in [1.82, 2.24) is 20.0 Å². The number of urea groups is 1. The molecule has 2 N–H and O–H groups in total. The molecule has 198 valence electrons. The Bertz CT molecular complexity index is 934. The van der Waals surface area contributed by atoms with Crippen molar-refractivity contribution in [2.45, 2.75) is 80.5 Å². The van der Waals surface area contributed by atoms with Crippen LogP contribution in [0.25, 0.3) is 0 Å². The summed E-state index contributed by atoms with van der Waals surface area (Å²) < 4.78 is 5.36. The zero-order valence-corrected chi connectivity index (χ0v) is 21.9. The maximum Gasteiger partial charge on any atom is 0.320 e. The number of nitrogens with one attached hydrogen (secondary N) is 1. The largest absolute Gasteiger partial charge is 0.388 e. The van der Waals surface area contributed by atoms with E-state index < -0.39 is 5.60 Å². The molecule has 4 fully saturated rings. The molecule has 1 spiro atoms. The summed E-state index contributed by atoms with van der Waals surface area (Å²) in [5.74, 6) is -0.0252. The Morgan fingerprint density at radius 2 is 1.86 bits per heavy atom. The van der Waals surface area contributed by atoms with Gasteiger partial charge in [0.25, 0.3) is 0 Å². The van der Waals surface area contributed by atoms with Crippen LogP contribution in [0, 0.1) is 0 Å². The smallest absolute Gasteiger partial charge is 0.320 e. The molecule has 1 aromatic rings. The van der Waals surface area contributed by atoms with Crippen LogP contribution in [0.15, 0.2) is 30.3 Å². The van der Waals surface area contributed by atoms with E-state index in [1.54, 1.807) is 0 Å². The standard InChI is InChI=1S/C28H42N4O4/c1-30(2)28(22-7-4-3-5-8-22)15-13-26(14-16-28)20-31(17-9-24(33)29-23-10-18-36-19-23)25(34)32(26)21-27(35)11-6-12-27/h3-5,7-8,23,35H,6,9-21H2,1-2H3,(H,29,33). The molecule has 2 aliphatic heterocycles. The van der Waals surface area contributed by atoms with E-state index in [4.69, 9.17) is 4.74 Å². The van der Waals surface area contributed by atoms with E-state index in [1.165, 1.54) is 5.56 Å². The minimum absolute atomic E-state index is 0.0237. The number of aliphatic hydroxyl groups is 1. The zero-order valence-electron chi connectivity index (χ0n) is 21.9. The summed E-state index contributed by atoms with van der Waals surface area (Å²) in [5.41, 5.74) is 0.189. The zero-order chi connectivity index (χ0) is 25.4. The van der Waals surface area contributed by atoms with Gasteiger partial charge in [-0.25, -0.2) is 4.79 Å². The maximum atomic E-state index is 13.7. The molecule has 8 nitrogen and oxygen atoms in total. The molecule has 2 heterocycles. The van der Waals surface area contributed by atoms with E-state index in [0.717, 1.165) is 51.4 Å². The number of nitrogens with zero attached hydrogens (tertiary/aromatic N) is 3. The number of β-amino-alcohol motifs (C(OH)–C–C–N with tert-alkyl or cyclic N) is 1. The van der Waals surface area contributed by atoms with Gasteiger partial charge in [-0.2, -0.15) is 0 Å². The minimum atomic E-state index is -0.770. The summed E-state index contributed by atoms with van der Waals surface area (Å²) in [7, 11) is 4.31. The SMILES string of the molecule is CN(C)C1(c2ccccc2)CCC2(CC1)CN(CCC(=O)NC1CCOC1)C(=O)N2CC1(O)CCC1. The fourth-order valence-electron chi connectivity index (χ4n) is 6.81. The van der Waals surface area contributed by atoms with Gasteiger partial charge in [-0.1, -0.05) is 30.3 Å². The van der Waals surface area contributed by atoms with Crippen molar-refractivity contribution in [1.29, 1.82) is 0 Å². The van der Waals surface area contributed by atoms with Gasteiger partial charge in [0, 0.05) is 31.7 Å². The quantitative estimate of drug-likeness (QED) is 0.576. The Morgan fingerprint density at radius 1 is 1.14 bits per heavy atom. The van der Waals surface area contributed by atoms with Crippen LogP contribution in [0.2, 0.25) is 0 Å². The third kappa shape index (κ3) is 4.75. The number of ether oxygens (including phenoxy) is 1. The number of hydrogen-bond acceptors (Lipinski definition) is 5. The van der Waals surface area contributed by atoms with Crippen LogP contribution in [-0.4, -0.2) is 95.9 Å². The second-order valence-corrected chi connectivity index (χ2v) is 11.8. The molecule has 3 amide bonds. The van der Waals surface area contributed by atoms with Gasteiger partial charge < -0.3 is 25.0 Å². The van der Waals surface area contributed by atoms with Gasteiger partial charge in [0.15, 0.2) is 0 Å². The van der Waals surface area contributed by atoms with E-state index in [9.17, 15) is 14.7 Å². The summed E-state index contributed by atoms with van der Waals surface area (Å²) in [6, 6.07) is 10.8. The van der Waals surface area contributed by atoms with Crippen molar-refractivity contribution >= 4 is 11.9 Å². The highest BCUT2D eigenvalue weighted by atomic mass is 16.5. The first-order valence-corrected chi connectivity index (χ1v) is 13.6. The van der Waals surface area contributed by atoms with Crippen LogP contribution in [0.3, 0.4) is 0 Å². The molecule has 1 atom stereocenters. The number of carbonyl (C=O) groups is 2. The van der Waals surface area contributed by atoms with E-state index in [0.29, 0.717) is 39.3 Å². The summed E-state index contributed by atoms with van der Waals surface area (Å²) in [4.78, 5) is 32.4. The Hall–Kier alpha value is -2.16. The molecule has 0 bridgehead atoms. The lowest BCUT2D eigenvalue weighted by Gasteiger charge is -2.52. The van der Waals surface area contributed by atoms with Gasteiger partial charge in [-0.05, 0) is 71.0 Å².